The number of benzene rings is 2. The first-order valence-electron chi connectivity index (χ1n) is 9.15. The number of anilines is 1. The maximum Gasteiger partial charge on any atom is 0.335 e. The van der Waals surface area contributed by atoms with Gasteiger partial charge in [0.15, 0.2) is 0 Å². The molecule has 1 aliphatic rings. The summed E-state index contributed by atoms with van der Waals surface area (Å²) in [6.07, 6.45) is 1.64. The molecule has 150 valence electrons. The second kappa shape index (κ2) is 7.65. The third kappa shape index (κ3) is 3.65. The molecule has 6 nitrogen and oxygen atoms in total. The summed E-state index contributed by atoms with van der Waals surface area (Å²) < 4.78 is 5.83. The van der Waals surface area contributed by atoms with Crippen LogP contribution in [-0.2, 0) is 4.79 Å². The van der Waals surface area contributed by atoms with Crippen molar-refractivity contribution >= 4 is 41.0 Å². The minimum absolute atomic E-state index is 0.201. The van der Waals surface area contributed by atoms with E-state index in [1.54, 1.807) is 49.4 Å². The molecule has 0 radical (unpaired) electrons. The Morgan fingerprint density at radius 1 is 1.10 bits per heavy atom. The van der Waals surface area contributed by atoms with E-state index in [1.807, 2.05) is 13.0 Å². The van der Waals surface area contributed by atoms with Crippen LogP contribution < -0.4 is 5.01 Å². The van der Waals surface area contributed by atoms with Crippen LogP contribution in [-0.4, -0.2) is 22.7 Å². The Bertz CT molecular complexity index is 1220. The van der Waals surface area contributed by atoms with Crippen molar-refractivity contribution < 1.29 is 19.1 Å². The largest absolute Gasteiger partial charge is 0.478 e. The van der Waals surface area contributed by atoms with Gasteiger partial charge in [0.2, 0.25) is 0 Å². The number of carboxylic acids is 1. The zero-order valence-electron chi connectivity index (χ0n) is 16.2. The first-order valence-corrected chi connectivity index (χ1v) is 9.53. The van der Waals surface area contributed by atoms with Gasteiger partial charge in [0.1, 0.15) is 11.5 Å². The molecule has 0 unspecified atom stereocenters. The number of carboxylic acid groups (broad SMARTS) is 1. The molecule has 1 aliphatic heterocycles. The van der Waals surface area contributed by atoms with Gasteiger partial charge in [-0.2, -0.15) is 10.1 Å². The van der Waals surface area contributed by atoms with Crippen molar-refractivity contribution in [2.45, 2.75) is 13.8 Å². The van der Waals surface area contributed by atoms with Crippen LogP contribution in [0.2, 0.25) is 5.02 Å². The third-order valence-electron chi connectivity index (χ3n) is 4.79. The monoisotopic (exact) mass is 420 g/mol. The quantitative estimate of drug-likeness (QED) is 0.572. The average Bonchev–Trinajstić information content (AvgIpc) is 3.30. The molecule has 0 aliphatic carbocycles. The molecule has 0 saturated carbocycles. The number of aryl methyl sites for hydroxylation is 1. The van der Waals surface area contributed by atoms with Crippen LogP contribution in [0.15, 0.2) is 69.7 Å². The topological polar surface area (TPSA) is 83.1 Å². The van der Waals surface area contributed by atoms with Gasteiger partial charge in [-0.25, -0.2) is 4.79 Å². The van der Waals surface area contributed by atoms with Gasteiger partial charge in [-0.15, -0.1) is 0 Å². The maximum atomic E-state index is 12.9. The Balaban J connectivity index is 1.59. The lowest BCUT2D eigenvalue weighted by molar-refractivity contribution is -0.114. The zero-order chi connectivity index (χ0) is 21.4. The number of hydrogen-bond acceptors (Lipinski definition) is 4. The number of halogens is 1. The number of nitrogens with zero attached hydrogens (tertiary/aromatic N) is 2. The Morgan fingerprint density at radius 3 is 2.50 bits per heavy atom. The fourth-order valence-electron chi connectivity index (χ4n) is 3.08. The van der Waals surface area contributed by atoms with Crippen molar-refractivity contribution in [2.75, 3.05) is 5.01 Å². The summed E-state index contributed by atoms with van der Waals surface area (Å²) >= 11 is 6.18. The molecular formula is C23H17ClN2O4. The zero-order valence-corrected chi connectivity index (χ0v) is 17.0. The van der Waals surface area contributed by atoms with Gasteiger partial charge in [0, 0.05) is 10.6 Å². The SMILES string of the molecule is CC1=NN(c2ccc(C)c(Cl)c2)C(=O)/C1=C\c1ccc(-c2ccc(C(=O)O)cc2)o1. The normalized spacial score (nSPS) is 15.0. The van der Waals surface area contributed by atoms with E-state index in [2.05, 4.69) is 5.10 Å². The van der Waals surface area contributed by atoms with Crippen molar-refractivity contribution in [3.8, 4) is 11.3 Å². The lowest BCUT2D eigenvalue weighted by Crippen LogP contribution is -2.21. The number of hydrogen-bond donors (Lipinski definition) is 1. The summed E-state index contributed by atoms with van der Waals surface area (Å²) in [6, 6.07) is 15.2. The van der Waals surface area contributed by atoms with Gasteiger partial charge in [-0.1, -0.05) is 29.8 Å². The van der Waals surface area contributed by atoms with E-state index in [9.17, 15) is 9.59 Å². The molecule has 2 aromatic carbocycles. The van der Waals surface area contributed by atoms with Crippen LogP contribution in [0.25, 0.3) is 17.4 Å². The van der Waals surface area contributed by atoms with Crippen molar-refractivity contribution in [3.05, 3.63) is 82.1 Å². The van der Waals surface area contributed by atoms with Crippen LogP contribution in [0.1, 0.15) is 28.6 Å². The molecule has 3 aromatic rings. The molecule has 1 aromatic heterocycles. The highest BCUT2D eigenvalue weighted by Crippen LogP contribution is 2.30. The number of rotatable bonds is 4. The van der Waals surface area contributed by atoms with E-state index in [1.165, 1.54) is 17.1 Å². The first-order chi connectivity index (χ1) is 14.3. The first kappa shape index (κ1) is 19.7. The van der Waals surface area contributed by atoms with Gasteiger partial charge in [-0.3, -0.25) is 4.79 Å². The molecule has 4 rings (SSSR count). The van der Waals surface area contributed by atoms with Crippen LogP contribution in [0.5, 0.6) is 0 Å². The van der Waals surface area contributed by atoms with Crippen LogP contribution >= 0.6 is 11.6 Å². The lowest BCUT2D eigenvalue weighted by Gasteiger charge is -2.12. The van der Waals surface area contributed by atoms with E-state index in [0.717, 1.165) is 11.1 Å². The lowest BCUT2D eigenvalue weighted by atomic mass is 10.1. The van der Waals surface area contributed by atoms with E-state index in [4.69, 9.17) is 21.1 Å². The smallest absolute Gasteiger partial charge is 0.335 e. The average molecular weight is 421 g/mol. The minimum Gasteiger partial charge on any atom is -0.478 e. The van der Waals surface area contributed by atoms with Gasteiger partial charge >= 0.3 is 5.97 Å². The van der Waals surface area contributed by atoms with Gasteiger partial charge in [0.05, 0.1) is 22.5 Å². The molecule has 7 heteroatoms. The number of carbonyl (C=O) groups excluding carboxylic acids is 1. The molecule has 0 atom stereocenters. The van der Waals surface area contributed by atoms with Crippen LogP contribution in [0.4, 0.5) is 5.69 Å². The van der Waals surface area contributed by atoms with Crippen LogP contribution in [0.3, 0.4) is 0 Å². The van der Waals surface area contributed by atoms with E-state index in [0.29, 0.717) is 33.5 Å². The number of aromatic carboxylic acids is 1. The summed E-state index contributed by atoms with van der Waals surface area (Å²) in [5, 5.41) is 15.2. The molecule has 0 spiro atoms. The summed E-state index contributed by atoms with van der Waals surface area (Å²) in [5.74, 6) is -0.188. The molecule has 1 N–H and O–H groups in total. The second-order valence-electron chi connectivity index (χ2n) is 6.88. The van der Waals surface area contributed by atoms with E-state index in [-0.39, 0.29) is 11.5 Å². The number of furan rings is 1. The molecular weight excluding hydrogens is 404 g/mol. The summed E-state index contributed by atoms with van der Waals surface area (Å²) in [6.45, 7) is 3.65. The van der Waals surface area contributed by atoms with E-state index < -0.39 is 5.97 Å². The fourth-order valence-corrected chi connectivity index (χ4v) is 3.25. The Hall–Kier alpha value is -3.64. The Labute approximate surface area is 177 Å². The molecule has 2 heterocycles. The summed E-state index contributed by atoms with van der Waals surface area (Å²) in [5.41, 5.74) is 3.45. The molecule has 30 heavy (non-hydrogen) atoms. The third-order valence-corrected chi connectivity index (χ3v) is 5.20. The van der Waals surface area contributed by atoms with E-state index >= 15 is 0 Å². The molecule has 0 bridgehead atoms. The van der Waals surface area contributed by atoms with Crippen molar-refractivity contribution in [3.63, 3.8) is 0 Å². The highest BCUT2D eigenvalue weighted by Gasteiger charge is 2.29. The molecule has 1 amide bonds. The Morgan fingerprint density at radius 2 is 1.83 bits per heavy atom. The highest BCUT2D eigenvalue weighted by molar-refractivity contribution is 6.33. The molecule has 0 saturated heterocycles. The second-order valence-corrected chi connectivity index (χ2v) is 7.29. The summed E-state index contributed by atoms with van der Waals surface area (Å²) in [4.78, 5) is 23.9. The molecule has 0 fully saturated rings. The fraction of sp³-hybridized carbons (Fsp3) is 0.0870. The van der Waals surface area contributed by atoms with Gasteiger partial charge in [0.25, 0.3) is 5.91 Å². The minimum atomic E-state index is -0.986. The van der Waals surface area contributed by atoms with Crippen molar-refractivity contribution in [1.82, 2.24) is 0 Å². The predicted octanol–water partition coefficient (Wildman–Crippen LogP) is 5.41. The standard InChI is InChI=1S/C23H17ClN2O4/c1-13-3-8-17(11-20(13)24)26-22(27)19(14(2)25-26)12-18-9-10-21(30-18)15-4-6-16(7-5-15)23(28)29/h3-12H,1-2H3,(H,28,29)/b19-12-. The number of hydrazone groups is 1. The summed E-state index contributed by atoms with van der Waals surface area (Å²) in [7, 11) is 0. The van der Waals surface area contributed by atoms with Gasteiger partial charge < -0.3 is 9.52 Å². The highest BCUT2D eigenvalue weighted by atomic mass is 35.5. The number of amides is 1. The Kier molecular flexibility index (Phi) is 5.01. The van der Waals surface area contributed by atoms with Crippen molar-refractivity contribution in [2.24, 2.45) is 5.10 Å². The number of carbonyl (C=O) groups is 2. The van der Waals surface area contributed by atoms with Crippen LogP contribution in [0, 0.1) is 6.92 Å². The predicted molar refractivity (Wildman–Crippen MR) is 116 cm³/mol. The maximum absolute atomic E-state index is 12.9. The van der Waals surface area contributed by atoms with Gasteiger partial charge in [-0.05, 0) is 61.9 Å². The van der Waals surface area contributed by atoms with Crippen molar-refractivity contribution in [1.29, 1.82) is 0 Å².